The second-order valence-electron chi connectivity index (χ2n) is 7.32. The summed E-state index contributed by atoms with van der Waals surface area (Å²) in [4.78, 5) is 27.6. The normalized spacial score (nSPS) is 26.1. The zero-order valence-corrected chi connectivity index (χ0v) is 15.8. The molecule has 2 aliphatic rings. The second-order valence-corrected chi connectivity index (χ2v) is 7.32. The van der Waals surface area contributed by atoms with Crippen molar-refractivity contribution in [1.29, 1.82) is 0 Å². The molecular weight excluding hydrogens is 348 g/mol. The van der Waals surface area contributed by atoms with Crippen LogP contribution < -0.4 is 0 Å². The predicted molar refractivity (Wildman–Crippen MR) is 99.3 cm³/mol. The highest BCUT2D eigenvalue weighted by molar-refractivity contribution is 5.80. The van der Waals surface area contributed by atoms with Crippen LogP contribution in [0.5, 0.6) is 0 Å². The number of rotatable bonds is 6. The largest absolute Gasteiger partial charge is 0.480 e. The molecule has 0 aliphatic carbocycles. The minimum atomic E-state index is -0.869. The predicted octanol–water partition coefficient (Wildman–Crippen LogP) is 1.40. The summed E-state index contributed by atoms with van der Waals surface area (Å²) in [6, 6.07) is 9.93. The fraction of sp³-hybridized carbons (Fsp3) is 0.600. The topological polar surface area (TPSA) is 79.3 Å². The molecule has 3 atom stereocenters. The summed E-state index contributed by atoms with van der Waals surface area (Å²) >= 11 is 0. The average Bonchev–Trinajstić information content (AvgIpc) is 2.67. The van der Waals surface area contributed by atoms with E-state index in [0.29, 0.717) is 32.8 Å². The fourth-order valence-corrected chi connectivity index (χ4v) is 3.91. The summed E-state index contributed by atoms with van der Waals surface area (Å²) < 4.78 is 11.7. The maximum atomic E-state index is 13.2. The van der Waals surface area contributed by atoms with E-state index in [-0.39, 0.29) is 30.6 Å². The minimum absolute atomic E-state index is 0.0413. The van der Waals surface area contributed by atoms with E-state index in [9.17, 15) is 9.59 Å². The van der Waals surface area contributed by atoms with Gasteiger partial charge in [-0.3, -0.25) is 14.5 Å². The molecule has 0 saturated carbocycles. The number of carbonyl (C=O) groups excluding carboxylic acids is 1. The molecule has 0 aromatic heterocycles. The minimum Gasteiger partial charge on any atom is -0.480 e. The third-order valence-corrected chi connectivity index (χ3v) is 5.14. The lowest BCUT2D eigenvalue weighted by Gasteiger charge is -2.39. The first-order valence-corrected chi connectivity index (χ1v) is 9.52. The van der Waals surface area contributed by atoms with Crippen LogP contribution in [0.2, 0.25) is 0 Å². The Morgan fingerprint density at radius 2 is 2.00 bits per heavy atom. The Morgan fingerprint density at radius 1 is 1.22 bits per heavy atom. The molecule has 2 fully saturated rings. The first-order valence-electron chi connectivity index (χ1n) is 9.52. The monoisotopic (exact) mass is 376 g/mol. The standard InChI is InChI=1S/C20H28N2O5/c1-21(14-18(23)24)12-16-13-22(9-11-26-16)20(25)17-8-5-10-27-19(17)15-6-3-2-4-7-15/h2-4,6-7,16-17,19H,5,8-14H2,1H3,(H,23,24). The van der Waals surface area contributed by atoms with E-state index in [1.807, 2.05) is 35.2 Å². The molecule has 0 spiro atoms. The molecule has 2 saturated heterocycles. The Hall–Kier alpha value is -1.96. The number of likely N-dealkylation sites (N-methyl/N-ethyl adjacent to an activating group) is 1. The summed E-state index contributed by atoms with van der Waals surface area (Å²) in [5.41, 5.74) is 1.04. The molecule has 0 radical (unpaired) electrons. The number of nitrogens with zero attached hydrogens (tertiary/aromatic N) is 2. The van der Waals surface area contributed by atoms with Crippen LogP contribution in [0.4, 0.5) is 0 Å². The van der Waals surface area contributed by atoms with E-state index in [4.69, 9.17) is 14.6 Å². The molecule has 27 heavy (non-hydrogen) atoms. The first kappa shape index (κ1) is 19.8. The van der Waals surface area contributed by atoms with Crippen molar-refractivity contribution in [3.8, 4) is 0 Å². The number of carboxylic acid groups (broad SMARTS) is 1. The molecule has 1 amide bonds. The lowest BCUT2D eigenvalue weighted by atomic mass is 9.88. The van der Waals surface area contributed by atoms with Crippen molar-refractivity contribution in [3.63, 3.8) is 0 Å². The van der Waals surface area contributed by atoms with E-state index < -0.39 is 5.97 Å². The quantitative estimate of drug-likeness (QED) is 0.809. The molecule has 1 aromatic carbocycles. The number of hydrogen-bond acceptors (Lipinski definition) is 5. The molecule has 3 rings (SSSR count). The van der Waals surface area contributed by atoms with Crippen LogP contribution in [0.25, 0.3) is 0 Å². The average molecular weight is 376 g/mol. The number of benzene rings is 1. The van der Waals surface area contributed by atoms with Gasteiger partial charge in [-0.1, -0.05) is 30.3 Å². The maximum Gasteiger partial charge on any atom is 0.317 e. The van der Waals surface area contributed by atoms with E-state index in [0.717, 1.165) is 18.4 Å². The molecule has 0 bridgehead atoms. The van der Waals surface area contributed by atoms with E-state index >= 15 is 0 Å². The number of carboxylic acids is 1. The Kier molecular flexibility index (Phi) is 6.82. The van der Waals surface area contributed by atoms with Crippen LogP contribution in [0.15, 0.2) is 30.3 Å². The fourth-order valence-electron chi connectivity index (χ4n) is 3.91. The summed E-state index contributed by atoms with van der Waals surface area (Å²) in [6.45, 7) is 2.65. The number of carbonyl (C=O) groups is 2. The summed E-state index contributed by atoms with van der Waals surface area (Å²) in [5, 5.41) is 8.90. The van der Waals surface area contributed by atoms with Gasteiger partial charge in [-0.2, -0.15) is 0 Å². The van der Waals surface area contributed by atoms with Gasteiger partial charge in [0, 0.05) is 26.2 Å². The van der Waals surface area contributed by atoms with E-state index in [1.165, 1.54) is 0 Å². The van der Waals surface area contributed by atoms with Gasteiger partial charge < -0.3 is 19.5 Å². The van der Waals surface area contributed by atoms with Crippen molar-refractivity contribution >= 4 is 11.9 Å². The molecular formula is C20H28N2O5. The van der Waals surface area contributed by atoms with Gasteiger partial charge in [0.05, 0.1) is 31.3 Å². The Bertz CT molecular complexity index is 639. The van der Waals surface area contributed by atoms with Gasteiger partial charge in [0.1, 0.15) is 0 Å². The number of hydrogen-bond donors (Lipinski definition) is 1. The van der Waals surface area contributed by atoms with Gasteiger partial charge >= 0.3 is 5.97 Å². The van der Waals surface area contributed by atoms with Crippen LogP contribution in [-0.2, 0) is 19.1 Å². The molecule has 148 valence electrons. The molecule has 3 unspecified atom stereocenters. The van der Waals surface area contributed by atoms with Gasteiger partial charge in [0.15, 0.2) is 0 Å². The molecule has 2 aliphatic heterocycles. The highest BCUT2D eigenvalue weighted by Gasteiger charge is 2.37. The van der Waals surface area contributed by atoms with Crippen molar-refractivity contribution in [2.24, 2.45) is 5.92 Å². The van der Waals surface area contributed by atoms with Crippen LogP contribution in [0, 0.1) is 5.92 Å². The highest BCUT2D eigenvalue weighted by Crippen LogP contribution is 2.35. The number of amides is 1. The van der Waals surface area contributed by atoms with Crippen LogP contribution in [-0.4, -0.2) is 79.3 Å². The summed E-state index contributed by atoms with van der Waals surface area (Å²) in [7, 11) is 1.75. The van der Waals surface area contributed by atoms with Crippen molar-refractivity contribution in [1.82, 2.24) is 9.80 Å². The van der Waals surface area contributed by atoms with Crippen LogP contribution in [0.1, 0.15) is 24.5 Å². The van der Waals surface area contributed by atoms with Crippen molar-refractivity contribution in [3.05, 3.63) is 35.9 Å². The molecule has 7 nitrogen and oxygen atoms in total. The zero-order valence-electron chi connectivity index (χ0n) is 15.8. The SMILES string of the molecule is CN(CC(=O)O)CC1CN(C(=O)C2CCCOC2c2ccccc2)CCO1. The number of ether oxygens (including phenoxy) is 2. The summed E-state index contributed by atoms with van der Waals surface area (Å²) in [5.74, 6) is -0.944. The van der Waals surface area contributed by atoms with Crippen molar-refractivity contribution in [2.75, 3.05) is 46.4 Å². The molecule has 7 heteroatoms. The number of aliphatic carboxylic acids is 1. The first-order chi connectivity index (χ1) is 13.0. The Morgan fingerprint density at radius 3 is 2.74 bits per heavy atom. The third-order valence-electron chi connectivity index (χ3n) is 5.14. The van der Waals surface area contributed by atoms with Gasteiger partial charge in [-0.05, 0) is 25.5 Å². The highest BCUT2D eigenvalue weighted by atomic mass is 16.5. The zero-order chi connectivity index (χ0) is 19.2. The number of morpholine rings is 1. The van der Waals surface area contributed by atoms with Gasteiger partial charge in [-0.25, -0.2) is 0 Å². The van der Waals surface area contributed by atoms with Crippen LogP contribution >= 0.6 is 0 Å². The molecule has 2 heterocycles. The Balaban J connectivity index is 1.63. The smallest absolute Gasteiger partial charge is 0.317 e. The van der Waals surface area contributed by atoms with E-state index in [1.54, 1.807) is 11.9 Å². The van der Waals surface area contributed by atoms with Crippen molar-refractivity contribution in [2.45, 2.75) is 25.0 Å². The third kappa shape index (κ3) is 5.28. The van der Waals surface area contributed by atoms with Gasteiger partial charge in [0.25, 0.3) is 0 Å². The summed E-state index contributed by atoms with van der Waals surface area (Å²) in [6.07, 6.45) is 1.32. The van der Waals surface area contributed by atoms with Crippen LogP contribution in [0.3, 0.4) is 0 Å². The van der Waals surface area contributed by atoms with Gasteiger partial charge in [0.2, 0.25) is 5.91 Å². The van der Waals surface area contributed by atoms with Crippen molar-refractivity contribution < 1.29 is 24.2 Å². The molecule has 1 N–H and O–H groups in total. The van der Waals surface area contributed by atoms with E-state index in [2.05, 4.69) is 0 Å². The van der Waals surface area contributed by atoms with Gasteiger partial charge in [-0.15, -0.1) is 0 Å². The Labute approximate surface area is 159 Å². The lowest BCUT2D eigenvalue weighted by molar-refractivity contribution is -0.153. The second kappa shape index (κ2) is 9.30. The molecule has 1 aromatic rings. The maximum absolute atomic E-state index is 13.2. The lowest BCUT2D eigenvalue weighted by Crippen LogP contribution is -2.52.